The van der Waals surface area contributed by atoms with Crippen molar-refractivity contribution in [3.8, 4) is 0 Å². The highest BCUT2D eigenvalue weighted by atomic mass is 35.5. The zero-order valence-electron chi connectivity index (χ0n) is 9.25. The third kappa shape index (κ3) is 2.97. The fourth-order valence-corrected chi connectivity index (χ4v) is 1.49. The molecule has 0 spiro atoms. The van der Waals surface area contributed by atoms with Crippen LogP contribution in [0.5, 0.6) is 0 Å². The number of halogens is 1. The molecule has 0 aromatic carbocycles. The van der Waals surface area contributed by atoms with Crippen molar-refractivity contribution < 1.29 is 4.74 Å². The van der Waals surface area contributed by atoms with Crippen LogP contribution in [0.4, 0.5) is 11.5 Å². The molecule has 1 aromatic heterocycles. The highest BCUT2D eigenvalue weighted by Crippen LogP contribution is 2.26. The van der Waals surface area contributed by atoms with Crippen LogP contribution in [-0.2, 0) is 4.74 Å². The summed E-state index contributed by atoms with van der Waals surface area (Å²) in [5, 5.41) is 0.566. The average Bonchev–Trinajstić information content (AvgIpc) is 2.20. The lowest BCUT2D eigenvalue weighted by atomic mass is 10.3. The van der Waals surface area contributed by atoms with Gasteiger partial charge in [0.2, 0.25) is 0 Å². The van der Waals surface area contributed by atoms with Crippen molar-refractivity contribution in [3.63, 3.8) is 0 Å². The molecule has 1 heterocycles. The predicted octanol–water partition coefficient (Wildman–Crippen LogP) is 1.71. The van der Waals surface area contributed by atoms with Crippen molar-refractivity contribution in [1.29, 1.82) is 0 Å². The minimum absolute atomic E-state index is 0.566. The molecule has 0 fully saturated rings. The van der Waals surface area contributed by atoms with Gasteiger partial charge in [-0.25, -0.2) is 4.98 Å². The van der Waals surface area contributed by atoms with Crippen LogP contribution in [-0.4, -0.2) is 32.3 Å². The molecule has 0 saturated heterocycles. The third-order valence-corrected chi connectivity index (χ3v) is 2.46. The number of ether oxygens (including phenoxy) is 1. The van der Waals surface area contributed by atoms with E-state index in [9.17, 15) is 0 Å². The number of nitrogens with zero attached hydrogens (tertiary/aromatic N) is 2. The summed E-state index contributed by atoms with van der Waals surface area (Å²) < 4.78 is 4.99. The first-order valence-corrected chi connectivity index (χ1v) is 5.06. The van der Waals surface area contributed by atoms with Crippen LogP contribution in [0.15, 0.2) is 6.07 Å². The lowest BCUT2D eigenvalue weighted by molar-refractivity contribution is 0.206. The molecule has 0 saturated carbocycles. The van der Waals surface area contributed by atoms with Crippen LogP contribution in [0, 0.1) is 6.92 Å². The first-order chi connectivity index (χ1) is 7.06. The number of aryl methyl sites for hydroxylation is 1. The highest BCUT2D eigenvalue weighted by Gasteiger charge is 2.09. The largest absolute Gasteiger partial charge is 0.397 e. The van der Waals surface area contributed by atoms with Gasteiger partial charge in [-0.3, -0.25) is 0 Å². The number of aromatic nitrogens is 1. The molecule has 0 unspecified atom stereocenters. The molecule has 0 amide bonds. The molecule has 2 N–H and O–H groups in total. The molecule has 84 valence electrons. The molecular weight excluding hydrogens is 214 g/mol. The van der Waals surface area contributed by atoms with Gasteiger partial charge in [0, 0.05) is 20.7 Å². The summed E-state index contributed by atoms with van der Waals surface area (Å²) in [6.07, 6.45) is 0. The topological polar surface area (TPSA) is 51.4 Å². The van der Waals surface area contributed by atoms with Crippen LogP contribution in [0.3, 0.4) is 0 Å². The molecule has 0 aliphatic heterocycles. The van der Waals surface area contributed by atoms with Gasteiger partial charge in [0.05, 0.1) is 23.0 Å². The Bertz CT molecular complexity index is 344. The molecule has 15 heavy (non-hydrogen) atoms. The van der Waals surface area contributed by atoms with Gasteiger partial charge in [0.25, 0.3) is 0 Å². The Morgan fingerprint density at radius 2 is 2.27 bits per heavy atom. The van der Waals surface area contributed by atoms with E-state index in [2.05, 4.69) is 4.98 Å². The molecule has 4 nitrogen and oxygen atoms in total. The molecule has 0 bridgehead atoms. The van der Waals surface area contributed by atoms with Crippen molar-refractivity contribution in [2.45, 2.75) is 6.92 Å². The summed E-state index contributed by atoms with van der Waals surface area (Å²) in [6.45, 7) is 3.24. The van der Waals surface area contributed by atoms with Gasteiger partial charge >= 0.3 is 0 Å². The van der Waals surface area contributed by atoms with E-state index in [1.165, 1.54) is 0 Å². The molecule has 5 heteroatoms. The Morgan fingerprint density at radius 1 is 1.60 bits per heavy atom. The standard InChI is InChI=1S/C10H16ClN3O/c1-7-9(12)6-8(11)10(13-7)14(2)4-5-15-3/h6H,4-5,12H2,1-3H3. The summed E-state index contributed by atoms with van der Waals surface area (Å²) in [7, 11) is 3.58. The number of methoxy groups -OCH3 is 1. The quantitative estimate of drug-likeness (QED) is 0.854. The van der Waals surface area contributed by atoms with Crippen molar-refractivity contribution in [1.82, 2.24) is 4.98 Å². The van der Waals surface area contributed by atoms with Gasteiger partial charge in [-0.2, -0.15) is 0 Å². The zero-order chi connectivity index (χ0) is 11.4. The number of hydrogen-bond donors (Lipinski definition) is 1. The number of nitrogen functional groups attached to an aromatic ring is 1. The SMILES string of the molecule is COCCN(C)c1nc(C)c(N)cc1Cl. The maximum atomic E-state index is 6.05. The molecule has 0 radical (unpaired) electrons. The maximum absolute atomic E-state index is 6.05. The van der Waals surface area contributed by atoms with E-state index in [4.69, 9.17) is 22.1 Å². The van der Waals surface area contributed by atoms with Crippen molar-refractivity contribution in [2.24, 2.45) is 0 Å². The van der Waals surface area contributed by atoms with E-state index in [1.807, 2.05) is 18.9 Å². The highest BCUT2D eigenvalue weighted by molar-refractivity contribution is 6.33. The smallest absolute Gasteiger partial charge is 0.147 e. The Hall–Kier alpha value is -1.00. The average molecular weight is 230 g/mol. The van der Waals surface area contributed by atoms with E-state index in [0.29, 0.717) is 17.3 Å². The molecule has 0 aliphatic carbocycles. The minimum Gasteiger partial charge on any atom is -0.397 e. The van der Waals surface area contributed by atoms with Crippen LogP contribution in [0.2, 0.25) is 5.02 Å². The van der Waals surface area contributed by atoms with Crippen LogP contribution < -0.4 is 10.6 Å². The predicted molar refractivity (Wildman–Crippen MR) is 63.5 cm³/mol. The Balaban J connectivity index is 2.88. The lowest BCUT2D eigenvalue weighted by Crippen LogP contribution is -2.23. The van der Waals surface area contributed by atoms with E-state index in [0.717, 1.165) is 18.1 Å². The van der Waals surface area contributed by atoms with Crippen molar-refractivity contribution >= 4 is 23.1 Å². The second kappa shape index (κ2) is 5.19. The Kier molecular flexibility index (Phi) is 4.17. The summed E-state index contributed by atoms with van der Waals surface area (Å²) in [5.41, 5.74) is 7.10. The van der Waals surface area contributed by atoms with Gasteiger partial charge < -0.3 is 15.4 Å². The third-order valence-electron chi connectivity index (χ3n) is 2.18. The number of hydrogen-bond acceptors (Lipinski definition) is 4. The van der Waals surface area contributed by atoms with Gasteiger partial charge in [-0.15, -0.1) is 0 Å². The van der Waals surface area contributed by atoms with E-state index in [-0.39, 0.29) is 0 Å². The minimum atomic E-state index is 0.566. The first-order valence-electron chi connectivity index (χ1n) is 4.69. The molecule has 1 rings (SSSR count). The monoisotopic (exact) mass is 229 g/mol. The summed E-state index contributed by atoms with van der Waals surface area (Å²) in [6, 6.07) is 1.72. The Morgan fingerprint density at radius 3 is 2.87 bits per heavy atom. The molecular formula is C10H16ClN3O. The van der Waals surface area contributed by atoms with Crippen molar-refractivity contribution in [3.05, 3.63) is 16.8 Å². The fraction of sp³-hybridized carbons (Fsp3) is 0.500. The normalized spacial score (nSPS) is 10.4. The van der Waals surface area contributed by atoms with Crippen LogP contribution in [0.25, 0.3) is 0 Å². The van der Waals surface area contributed by atoms with Gasteiger partial charge in [-0.1, -0.05) is 11.6 Å². The number of likely N-dealkylation sites (N-methyl/N-ethyl adjacent to an activating group) is 1. The van der Waals surface area contributed by atoms with Gasteiger partial charge in [0.1, 0.15) is 5.82 Å². The summed E-state index contributed by atoms with van der Waals surface area (Å²) in [5.74, 6) is 0.736. The maximum Gasteiger partial charge on any atom is 0.147 e. The van der Waals surface area contributed by atoms with E-state index < -0.39 is 0 Å². The van der Waals surface area contributed by atoms with Gasteiger partial charge in [-0.05, 0) is 13.0 Å². The van der Waals surface area contributed by atoms with Crippen molar-refractivity contribution in [2.75, 3.05) is 37.9 Å². The second-order valence-corrected chi connectivity index (χ2v) is 3.79. The molecule has 1 aromatic rings. The lowest BCUT2D eigenvalue weighted by Gasteiger charge is -2.19. The van der Waals surface area contributed by atoms with E-state index >= 15 is 0 Å². The van der Waals surface area contributed by atoms with Crippen LogP contribution >= 0.6 is 11.6 Å². The summed E-state index contributed by atoms with van der Waals surface area (Å²) in [4.78, 5) is 6.28. The van der Waals surface area contributed by atoms with Gasteiger partial charge in [0.15, 0.2) is 0 Å². The molecule has 0 atom stereocenters. The summed E-state index contributed by atoms with van der Waals surface area (Å²) >= 11 is 6.05. The number of anilines is 2. The second-order valence-electron chi connectivity index (χ2n) is 3.38. The van der Waals surface area contributed by atoms with Crippen LogP contribution in [0.1, 0.15) is 5.69 Å². The zero-order valence-corrected chi connectivity index (χ0v) is 10.0. The number of pyridine rings is 1. The number of nitrogens with two attached hydrogens (primary N) is 1. The van der Waals surface area contributed by atoms with E-state index in [1.54, 1.807) is 13.2 Å². The molecule has 0 aliphatic rings. The first kappa shape index (κ1) is 12.1. The fourth-order valence-electron chi connectivity index (χ4n) is 1.18. The Labute approximate surface area is 95.0 Å². The number of rotatable bonds is 4.